The lowest BCUT2D eigenvalue weighted by Crippen LogP contribution is -2.25. The molecule has 1 N–H and O–H groups in total. The molecule has 1 aliphatic carbocycles. The van der Waals surface area contributed by atoms with E-state index in [2.05, 4.69) is 38.2 Å². The average Bonchev–Trinajstić information content (AvgIpc) is 2.99. The first-order chi connectivity index (χ1) is 10.2. The second kappa shape index (κ2) is 7.84. The number of aryl methyl sites for hydroxylation is 1. The molecule has 0 heterocycles. The minimum atomic E-state index is 0.433. The van der Waals surface area contributed by atoms with Crippen LogP contribution in [0.15, 0.2) is 12.1 Å². The molecule has 1 atom stereocenters. The molecule has 0 radical (unpaired) electrons. The third kappa shape index (κ3) is 4.00. The molecule has 21 heavy (non-hydrogen) atoms. The van der Waals surface area contributed by atoms with E-state index in [-0.39, 0.29) is 0 Å². The fraction of sp³-hybridized carbons (Fsp3) is 0.684. The van der Waals surface area contributed by atoms with Crippen molar-refractivity contribution < 1.29 is 4.74 Å². The predicted octanol–water partition coefficient (Wildman–Crippen LogP) is 4.93. The highest BCUT2D eigenvalue weighted by molar-refractivity contribution is 5.46. The number of ether oxygens (including phenoxy) is 1. The predicted molar refractivity (Wildman–Crippen MR) is 90.1 cm³/mol. The summed E-state index contributed by atoms with van der Waals surface area (Å²) in [5.41, 5.74) is 3.94. The van der Waals surface area contributed by atoms with Gasteiger partial charge < -0.3 is 10.1 Å². The van der Waals surface area contributed by atoms with Gasteiger partial charge in [-0.25, -0.2) is 0 Å². The first-order valence-electron chi connectivity index (χ1n) is 8.54. The van der Waals surface area contributed by atoms with Crippen LogP contribution in [0.25, 0.3) is 0 Å². The van der Waals surface area contributed by atoms with Gasteiger partial charge in [0.2, 0.25) is 0 Å². The topological polar surface area (TPSA) is 21.3 Å². The van der Waals surface area contributed by atoms with Crippen molar-refractivity contribution in [2.24, 2.45) is 5.92 Å². The third-order valence-corrected chi connectivity index (χ3v) is 4.97. The van der Waals surface area contributed by atoms with E-state index in [0.717, 1.165) is 18.2 Å². The summed E-state index contributed by atoms with van der Waals surface area (Å²) in [7, 11) is 1.80. The van der Waals surface area contributed by atoms with E-state index < -0.39 is 0 Å². The normalized spacial score (nSPS) is 17.1. The highest BCUT2D eigenvalue weighted by Crippen LogP contribution is 2.37. The van der Waals surface area contributed by atoms with Crippen molar-refractivity contribution in [2.75, 3.05) is 13.7 Å². The summed E-state index contributed by atoms with van der Waals surface area (Å²) in [6.07, 6.45) is 8.05. The van der Waals surface area contributed by atoms with Gasteiger partial charge in [0.25, 0.3) is 0 Å². The Balaban J connectivity index is 2.24. The first-order valence-corrected chi connectivity index (χ1v) is 8.54. The van der Waals surface area contributed by atoms with E-state index in [4.69, 9.17) is 4.74 Å². The van der Waals surface area contributed by atoms with E-state index in [1.54, 1.807) is 7.11 Å². The maximum Gasteiger partial charge on any atom is 0.126 e. The van der Waals surface area contributed by atoms with Crippen LogP contribution >= 0.6 is 0 Å². The summed E-state index contributed by atoms with van der Waals surface area (Å²) in [5, 5.41) is 3.75. The van der Waals surface area contributed by atoms with Gasteiger partial charge in [-0.1, -0.05) is 44.7 Å². The van der Waals surface area contributed by atoms with Gasteiger partial charge in [0.15, 0.2) is 0 Å². The number of benzene rings is 1. The van der Waals surface area contributed by atoms with Crippen molar-refractivity contribution in [3.05, 3.63) is 28.8 Å². The zero-order valence-corrected chi connectivity index (χ0v) is 14.2. The highest BCUT2D eigenvalue weighted by Gasteiger charge is 2.24. The van der Waals surface area contributed by atoms with Gasteiger partial charge in [0.1, 0.15) is 5.75 Å². The average molecular weight is 289 g/mol. The van der Waals surface area contributed by atoms with E-state index >= 15 is 0 Å². The molecule has 1 fully saturated rings. The molecule has 2 nitrogen and oxygen atoms in total. The summed E-state index contributed by atoms with van der Waals surface area (Å²) >= 11 is 0. The van der Waals surface area contributed by atoms with Crippen LogP contribution in [-0.4, -0.2) is 13.7 Å². The van der Waals surface area contributed by atoms with Crippen LogP contribution in [-0.2, 0) is 0 Å². The maximum atomic E-state index is 5.74. The minimum Gasteiger partial charge on any atom is -0.496 e. The second-order valence-corrected chi connectivity index (χ2v) is 6.52. The molecule has 0 amide bonds. The van der Waals surface area contributed by atoms with Gasteiger partial charge in [0, 0.05) is 11.6 Å². The molecule has 0 aliphatic heterocycles. The Kier molecular flexibility index (Phi) is 6.10. The molecular formula is C19H31NO. The fourth-order valence-electron chi connectivity index (χ4n) is 3.57. The van der Waals surface area contributed by atoms with Gasteiger partial charge in [0.05, 0.1) is 7.11 Å². The first kappa shape index (κ1) is 16.4. The summed E-state index contributed by atoms with van der Waals surface area (Å²) in [4.78, 5) is 0. The van der Waals surface area contributed by atoms with Crippen molar-refractivity contribution in [3.63, 3.8) is 0 Å². The largest absolute Gasteiger partial charge is 0.496 e. The van der Waals surface area contributed by atoms with Crippen LogP contribution in [0.2, 0.25) is 0 Å². The quantitative estimate of drug-likeness (QED) is 0.768. The molecule has 2 heteroatoms. The number of hydrogen-bond donors (Lipinski definition) is 1. The van der Waals surface area contributed by atoms with Gasteiger partial charge >= 0.3 is 0 Å². The molecular weight excluding hydrogens is 258 g/mol. The van der Waals surface area contributed by atoms with Crippen LogP contribution in [0, 0.1) is 19.8 Å². The number of nitrogens with one attached hydrogen (secondary N) is 1. The van der Waals surface area contributed by atoms with E-state index in [0.29, 0.717) is 6.04 Å². The van der Waals surface area contributed by atoms with E-state index in [9.17, 15) is 0 Å². The van der Waals surface area contributed by atoms with Gasteiger partial charge in [-0.15, -0.1) is 0 Å². The molecule has 1 unspecified atom stereocenters. The molecule has 1 aliphatic rings. The highest BCUT2D eigenvalue weighted by atomic mass is 16.5. The van der Waals surface area contributed by atoms with Gasteiger partial charge in [-0.3, -0.25) is 0 Å². The third-order valence-electron chi connectivity index (χ3n) is 4.97. The van der Waals surface area contributed by atoms with Gasteiger partial charge in [-0.2, -0.15) is 0 Å². The van der Waals surface area contributed by atoms with Crippen molar-refractivity contribution in [1.29, 1.82) is 0 Å². The summed E-state index contributed by atoms with van der Waals surface area (Å²) in [6, 6.07) is 4.94. The maximum absolute atomic E-state index is 5.74. The van der Waals surface area contributed by atoms with Crippen molar-refractivity contribution in [2.45, 2.75) is 65.3 Å². The SMILES string of the molecule is CCCNC(CC1CCCC1)c1ccc(C)c(C)c1OC. The fourth-order valence-corrected chi connectivity index (χ4v) is 3.57. The Bertz CT molecular complexity index is 449. The smallest absolute Gasteiger partial charge is 0.126 e. The van der Waals surface area contributed by atoms with Gasteiger partial charge in [-0.05, 0) is 50.3 Å². The molecule has 0 bridgehead atoms. The zero-order chi connectivity index (χ0) is 15.2. The number of hydrogen-bond acceptors (Lipinski definition) is 2. The Labute approximate surface area is 130 Å². The summed E-state index contributed by atoms with van der Waals surface area (Å²) in [6.45, 7) is 7.64. The molecule has 1 aromatic carbocycles. The molecule has 0 aromatic heterocycles. The Morgan fingerprint density at radius 3 is 2.57 bits per heavy atom. The van der Waals surface area contributed by atoms with Crippen molar-refractivity contribution in [1.82, 2.24) is 5.32 Å². The lowest BCUT2D eigenvalue weighted by Gasteiger charge is -2.25. The lowest BCUT2D eigenvalue weighted by atomic mass is 9.91. The molecule has 1 aromatic rings. The molecule has 2 rings (SSSR count). The standard InChI is InChI=1S/C19H31NO/c1-5-12-20-18(13-16-8-6-7-9-16)17-11-10-14(2)15(3)19(17)21-4/h10-11,16,18,20H,5-9,12-13H2,1-4H3. The van der Waals surface area contributed by atoms with Crippen molar-refractivity contribution in [3.8, 4) is 5.75 Å². The minimum absolute atomic E-state index is 0.433. The van der Waals surface area contributed by atoms with E-state index in [1.807, 2.05) is 0 Å². The van der Waals surface area contributed by atoms with Crippen molar-refractivity contribution >= 4 is 0 Å². The number of rotatable bonds is 7. The lowest BCUT2D eigenvalue weighted by molar-refractivity contribution is 0.365. The van der Waals surface area contributed by atoms with Crippen LogP contribution in [0.4, 0.5) is 0 Å². The summed E-state index contributed by atoms with van der Waals surface area (Å²) < 4.78 is 5.74. The number of methoxy groups -OCH3 is 1. The van der Waals surface area contributed by atoms with E-state index in [1.165, 1.54) is 55.2 Å². The van der Waals surface area contributed by atoms with Crippen LogP contribution in [0.1, 0.15) is 68.2 Å². The summed E-state index contributed by atoms with van der Waals surface area (Å²) in [5.74, 6) is 1.97. The molecule has 0 saturated heterocycles. The monoisotopic (exact) mass is 289 g/mol. The zero-order valence-electron chi connectivity index (χ0n) is 14.2. The van der Waals surface area contributed by atoms with Crippen LogP contribution < -0.4 is 10.1 Å². The molecule has 1 saturated carbocycles. The second-order valence-electron chi connectivity index (χ2n) is 6.52. The van der Waals surface area contributed by atoms with Crippen LogP contribution in [0.5, 0.6) is 5.75 Å². The molecule has 118 valence electrons. The Morgan fingerprint density at radius 1 is 1.24 bits per heavy atom. The van der Waals surface area contributed by atoms with Crippen LogP contribution in [0.3, 0.4) is 0 Å². The Hall–Kier alpha value is -1.02. The Morgan fingerprint density at radius 2 is 1.95 bits per heavy atom. The molecule has 0 spiro atoms.